The minimum Gasteiger partial charge on any atom is -0.397 e. The largest absolute Gasteiger partial charge is 0.397 e. The van der Waals surface area contributed by atoms with E-state index in [4.69, 9.17) is 69.0 Å². The number of rotatable bonds is 2. The molecule has 8 heteroatoms. The molecule has 0 aliphatic heterocycles. The molecule has 2 rings (SSSR count). The zero-order chi connectivity index (χ0) is 15.7. The number of nitriles is 1. The van der Waals surface area contributed by atoms with Gasteiger partial charge in [-0.3, -0.25) is 0 Å². The number of hydrogen-bond acceptors (Lipinski definition) is 3. The van der Waals surface area contributed by atoms with E-state index in [9.17, 15) is 0 Å². The van der Waals surface area contributed by atoms with Crippen molar-refractivity contribution in [2.75, 3.05) is 5.73 Å². The zero-order valence-corrected chi connectivity index (χ0v) is 14.0. The summed E-state index contributed by atoms with van der Waals surface area (Å²) in [5.41, 5.74) is 7.33. The molecule has 1 aromatic carbocycles. The molecule has 0 bridgehead atoms. The molecule has 2 N–H and O–H groups in total. The van der Waals surface area contributed by atoms with E-state index in [0.717, 1.165) is 0 Å². The summed E-state index contributed by atoms with van der Waals surface area (Å²) >= 11 is 30.4. The van der Waals surface area contributed by atoms with Gasteiger partial charge < -0.3 is 5.73 Å². The maximum atomic E-state index is 8.78. The Balaban J connectivity index is 2.74. The van der Waals surface area contributed by atoms with Crippen molar-refractivity contribution < 1.29 is 0 Å². The van der Waals surface area contributed by atoms with Crippen molar-refractivity contribution in [3.8, 4) is 17.3 Å². The molecule has 0 saturated heterocycles. The fourth-order valence-electron chi connectivity index (χ4n) is 1.70. The second-order valence-electron chi connectivity index (χ2n) is 4.01. The summed E-state index contributed by atoms with van der Waals surface area (Å²) in [7, 11) is 0. The molecule has 0 atom stereocenters. The van der Waals surface area contributed by atoms with Gasteiger partial charge in [0.15, 0.2) is 0 Å². The standard InChI is InChI=1S/C13H6Cl5N3/c14-9-8(10(15)12(17)13(18)11(9)16)7-2-1-5(20)6(21-7)3-4-19/h1-2H,3,20H2. The Bertz CT molecular complexity index is 738. The first-order chi connectivity index (χ1) is 9.88. The summed E-state index contributed by atoms with van der Waals surface area (Å²) in [6.07, 6.45) is 0.0595. The van der Waals surface area contributed by atoms with Crippen molar-refractivity contribution in [1.29, 1.82) is 5.26 Å². The first kappa shape index (κ1) is 16.5. The molecule has 1 aromatic heterocycles. The molecule has 0 aliphatic rings. The molecule has 3 nitrogen and oxygen atoms in total. The normalized spacial score (nSPS) is 10.5. The van der Waals surface area contributed by atoms with E-state index in [2.05, 4.69) is 4.98 Å². The summed E-state index contributed by atoms with van der Waals surface area (Å²) in [4.78, 5) is 4.29. The van der Waals surface area contributed by atoms with Gasteiger partial charge in [-0.15, -0.1) is 0 Å². The zero-order valence-electron chi connectivity index (χ0n) is 10.2. The van der Waals surface area contributed by atoms with Crippen molar-refractivity contribution in [2.45, 2.75) is 6.42 Å². The van der Waals surface area contributed by atoms with E-state index in [1.54, 1.807) is 12.1 Å². The van der Waals surface area contributed by atoms with E-state index in [0.29, 0.717) is 22.6 Å². The molecule has 0 saturated carbocycles. The Labute approximate surface area is 146 Å². The van der Waals surface area contributed by atoms with E-state index < -0.39 is 0 Å². The lowest BCUT2D eigenvalue weighted by atomic mass is 10.1. The molecule has 1 heterocycles. The van der Waals surface area contributed by atoms with Crippen LogP contribution >= 0.6 is 58.0 Å². The van der Waals surface area contributed by atoms with E-state index in [1.165, 1.54) is 0 Å². The molecule has 0 aliphatic carbocycles. The monoisotopic (exact) mass is 379 g/mol. The van der Waals surface area contributed by atoms with Crippen LogP contribution in [0.4, 0.5) is 5.69 Å². The average molecular weight is 381 g/mol. The number of aromatic nitrogens is 1. The topological polar surface area (TPSA) is 62.7 Å². The summed E-state index contributed by atoms with van der Waals surface area (Å²) < 4.78 is 0. The average Bonchev–Trinajstić information content (AvgIpc) is 2.47. The van der Waals surface area contributed by atoms with Gasteiger partial charge in [0.2, 0.25) is 0 Å². The Morgan fingerprint density at radius 3 is 2.00 bits per heavy atom. The predicted molar refractivity (Wildman–Crippen MR) is 88.5 cm³/mol. The minimum atomic E-state index is 0.0595. The molecule has 0 fully saturated rings. The first-order valence-electron chi connectivity index (χ1n) is 5.52. The number of benzene rings is 1. The van der Waals surface area contributed by atoms with Crippen LogP contribution in [0.5, 0.6) is 0 Å². The van der Waals surface area contributed by atoms with Gasteiger partial charge in [-0.25, -0.2) is 4.98 Å². The number of nitrogens with two attached hydrogens (primary N) is 1. The third kappa shape index (κ3) is 3.01. The molecule has 0 unspecified atom stereocenters. The Morgan fingerprint density at radius 1 is 0.952 bits per heavy atom. The van der Waals surface area contributed by atoms with Gasteiger partial charge in [0.1, 0.15) is 0 Å². The van der Waals surface area contributed by atoms with Crippen LogP contribution in [0.3, 0.4) is 0 Å². The maximum absolute atomic E-state index is 8.78. The van der Waals surface area contributed by atoms with Crippen molar-refractivity contribution >= 4 is 63.7 Å². The molecule has 0 radical (unpaired) electrons. The second kappa shape index (κ2) is 6.48. The van der Waals surface area contributed by atoms with Gasteiger partial charge in [0, 0.05) is 5.56 Å². The molecule has 108 valence electrons. The number of nitrogen functional groups attached to an aromatic ring is 1. The Hall–Kier alpha value is -0.890. The highest BCUT2D eigenvalue weighted by atomic mass is 35.5. The van der Waals surface area contributed by atoms with Crippen molar-refractivity contribution in [3.63, 3.8) is 0 Å². The number of halogens is 5. The second-order valence-corrected chi connectivity index (χ2v) is 5.90. The minimum absolute atomic E-state index is 0.0595. The van der Waals surface area contributed by atoms with Gasteiger partial charge in [-0.1, -0.05) is 58.0 Å². The van der Waals surface area contributed by atoms with Crippen LogP contribution < -0.4 is 5.73 Å². The third-order valence-corrected chi connectivity index (χ3v) is 5.00. The fourth-order valence-corrected chi connectivity index (χ4v) is 3.03. The van der Waals surface area contributed by atoms with Crippen molar-refractivity contribution in [1.82, 2.24) is 4.98 Å². The van der Waals surface area contributed by atoms with Crippen LogP contribution in [0, 0.1) is 11.3 Å². The van der Waals surface area contributed by atoms with Gasteiger partial charge in [0.25, 0.3) is 0 Å². The van der Waals surface area contributed by atoms with Gasteiger partial charge in [-0.05, 0) is 12.1 Å². The van der Waals surface area contributed by atoms with Crippen LogP contribution in [0.25, 0.3) is 11.3 Å². The van der Waals surface area contributed by atoms with E-state index in [-0.39, 0.29) is 31.5 Å². The lowest BCUT2D eigenvalue weighted by molar-refractivity contribution is 1.12. The number of nitrogens with zero attached hydrogens (tertiary/aromatic N) is 2. The lowest BCUT2D eigenvalue weighted by Crippen LogP contribution is -1.99. The lowest BCUT2D eigenvalue weighted by Gasteiger charge is -2.13. The Morgan fingerprint density at radius 2 is 1.48 bits per heavy atom. The van der Waals surface area contributed by atoms with E-state index >= 15 is 0 Å². The van der Waals surface area contributed by atoms with E-state index in [1.807, 2.05) is 6.07 Å². The van der Waals surface area contributed by atoms with Crippen LogP contribution in [-0.4, -0.2) is 4.98 Å². The highest BCUT2D eigenvalue weighted by Gasteiger charge is 2.21. The number of anilines is 1. The summed E-state index contributed by atoms with van der Waals surface area (Å²) in [6.45, 7) is 0. The summed E-state index contributed by atoms with van der Waals surface area (Å²) in [6, 6.07) is 5.21. The van der Waals surface area contributed by atoms with Crippen LogP contribution in [-0.2, 0) is 6.42 Å². The molecule has 2 aromatic rings. The summed E-state index contributed by atoms with van der Waals surface area (Å²) in [5, 5.41) is 9.30. The highest BCUT2D eigenvalue weighted by molar-refractivity contribution is 6.56. The number of pyridine rings is 1. The Kier molecular flexibility index (Phi) is 5.08. The van der Waals surface area contributed by atoms with Gasteiger partial charge >= 0.3 is 0 Å². The third-order valence-electron chi connectivity index (χ3n) is 2.72. The molecule has 21 heavy (non-hydrogen) atoms. The molecular weight excluding hydrogens is 375 g/mol. The van der Waals surface area contributed by atoms with Crippen LogP contribution in [0.2, 0.25) is 25.1 Å². The predicted octanol–water partition coefficient (Wildman–Crippen LogP) is 5.66. The molecular formula is C13H6Cl5N3. The number of hydrogen-bond donors (Lipinski definition) is 1. The highest BCUT2D eigenvalue weighted by Crippen LogP contribution is 2.47. The van der Waals surface area contributed by atoms with Gasteiger partial charge in [0.05, 0.1) is 54.7 Å². The maximum Gasteiger partial charge on any atom is 0.0809 e. The quantitative estimate of drug-likeness (QED) is 0.539. The van der Waals surface area contributed by atoms with Crippen molar-refractivity contribution in [3.05, 3.63) is 42.9 Å². The van der Waals surface area contributed by atoms with Crippen LogP contribution in [0.15, 0.2) is 12.1 Å². The van der Waals surface area contributed by atoms with Crippen molar-refractivity contribution in [2.24, 2.45) is 0 Å². The fraction of sp³-hybridized carbons (Fsp3) is 0.0769. The first-order valence-corrected chi connectivity index (χ1v) is 7.41. The summed E-state index contributed by atoms with van der Waals surface area (Å²) in [5.74, 6) is 0. The molecule has 0 amide bonds. The van der Waals surface area contributed by atoms with Gasteiger partial charge in [-0.2, -0.15) is 5.26 Å². The molecule has 0 spiro atoms. The smallest absolute Gasteiger partial charge is 0.0809 e. The van der Waals surface area contributed by atoms with Crippen LogP contribution in [0.1, 0.15) is 5.69 Å². The SMILES string of the molecule is N#CCc1nc(-c2c(Cl)c(Cl)c(Cl)c(Cl)c2Cl)ccc1N.